The van der Waals surface area contributed by atoms with Crippen molar-refractivity contribution in [2.24, 2.45) is 5.92 Å². The molecule has 1 aromatic carbocycles. The first-order valence-electron chi connectivity index (χ1n) is 9.83. The zero-order valence-corrected chi connectivity index (χ0v) is 17.0. The maximum atomic E-state index is 13.6. The van der Waals surface area contributed by atoms with Crippen LogP contribution in [0.2, 0.25) is 0 Å². The van der Waals surface area contributed by atoms with E-state index >= 15 is 0 Å². The van der Waals surface area contributed by atoms with Gasteiger partial charge in [-0.1, -0.05) is 13.8 Å². The molecule has 0 unspecified atom stereocenters. The molecule has 1 saturated heterocycles. The first-order chi connectivity index (χ1) is 14.3. The highest BCUT2D eigenvalue weighted by atomic mass is 19.1. The number of urea groups is 1. The van der Waals surface area contributed by atoms with Gasteiger partial charge in [-0.15, -0.1) is 0 Å². The van der Waals surface area contributed by atoms with E-state index < -0.39 is 12.1 Å². The minimum atomic E-state index is -0.421. The Labute approximate surface area is 173 Å². The van der Waals surface area contributed by atoms with E-state index in [-0.39, 0.29) is 17.8 Å². The molecule has 0 radical (unpaired) electrons. The molecule has 3 aromatic rings. The second-order valence-electron chi connectivity index (χ2n) is 7.88. The van der Waals surface area contributed by atoms with Gasteiger partial charge in [-0.05, 0) is 31.0 Å². The molecule has 0 aliphatic carbocycles. The molecule has 30 heavy (non-hydrogen) atoms. The number of aliphatic hydroxyl groups excluding tert-OH is 1. The predicted octanol–water partition coefficient (Wildman–Crippen LogP) is 3.37. The Bertz CT molecular complexity index is 1060. The highest BCUT2D eigenvalue weighted by Gasteiger charge is 2.27. The largest absolute Gasteiger partial charge is 0.459 e. The lowest BCUT2D eigenvalue weighted by Crippen LogP contribution is -2.51. The van der Waals surface area contributed by atoms with Crippen LogP contribution in [0.5, 0.6) is 0 Å². The fourth-order valence-corrected chi connectivity index (χ4v) is 3.52. The first kappa shape index (κ1) is 20.1. The minimum absolute atomic E-state index is 0.0383. The SMILES string of the molecule is Cc1c([C@H](NC(=O)Nc2cnc(N3CC(O)C3)nc2)C(C)C)oc2ccc(F)cc12. The zero-order chi connectivity index (χ0) is 21.4. The summed E-state index contributed by atoms with van der Waals surface area (Å²) in [6.07, 6.45) is 2.70. The van der Waals surface area contributed by atoms with E-state index in [2.05, 4.69) is 20.6 Å². The molecule has 1 atom stereocenters. The van der Waals surface area contributed by atoms with Crippen molar-refractivity contribution in [2.75, 3.05) is 23.3 Å². The summed E-state index contributed by atoms with van der Waals surface area (Å²) in [4.78, 5) is 22.9. The third kappa shape index (κ3) is 3.93. The summed E-state index contributed by atoms with van der Waals surface area (Å²) in [5, 5.41) is 15.7. The molecule has 0 saturated carbocycles. The number of β-amino-alcohol motifs (C(OH)–C–C–N with tert-alkyl or cyclic N) is 1. The van der Waals surface area contributed by atoms with Gasteiger partial charge in [-0.3, -0.25) is 0 Å². The van der Waals surface area contributed by atoms with Crippen LogP contribution in [0.4, 0.5) is 20.8 Å². The highest BCUT2D eigenvalue weighted by Crippen LogP contribution is 2.33. The normalized spacial score (nSPS) is 15.3. The van der Waals surface area contributed by atoms with Gasteiger partial charge in [-0.25, -0.2) is 19.2 Å². The fourth-order valence-electron chi connectivity index (χ4n) is 3.52. The van der Waals surface area contributed by atoms with Crippen molar-refractivity contribution < 1.29 is 18.7 Å². The van der Waals surface area contributed by atoms with Gasteiger partial charge in [0.2, 0.25) is 5.95 Å². The maximum absolute atomic E-state index is 13.6. The standard InChI is InChI=1S/C21H24FN5O3/c1-11(2)18(19-12(3)16-6-13(22)4-5-17(16)30-19)26-21(29)25-14-7-23-20(24-8-14)27-9-15(28)10-27/h4-8,11,15,18,28H,9-10H2,1-3H3,(H2,25,26,29)/t18-/m1/s1. The van der Waals surface area contributed by atoms with E-state index in [0.29, 0.717) is 41.5 Å². The summed E-state index contributed by atoms with van der Waals surface area (Å²) in [5.41, 5.74) is 1.83. The second-order valence-corrected chi connectivity index (χ2v) is 7.88. The molecule has 1 fully saturated rings. The van der Waals surface area contributed by atoms with E-state index in [9.17, 15) is 14.3 Å². The fraction of sp³-hybridized carbons (Fsp3) is 0.381. The summed E-state index contributed by atoms with van der Waals surface area (Å²) in [7, 11) is 0. The number of aliphatic hydroxyl groups is 1. The molecule has 1 aliphatic heterocycles. The predicted molar refractivity (Wildman–Crippen MR) is 111 cm³/mol. The summed E-state index contributed by atoms with van der Waals surface area (Å²) in [6.45, 7) is 6.80. The number of benzene rings is 1. The Hall–Kier alpha value is -3.20. The van der Waals surface area contributed by atoms with Gasteiger partial charge in [0, 0.05) is 24.0 Å². The molecule has 9 heteroatoms. The van der Waals surface area contributed by atoms with Crippen molar-refractivity contribution >= 4 is 28.6 Å². The lowest BCUT2D eigenvalue weighted by molar-refractivity contribution is 0.140. The van der Waals surface area contributed by atoms with Crippen LogP contribution in [0.15, 0.2) is 35.0 Å². The molecule has 2 aromatic heterocycles. The van der Waals surface area contributed by atoms with Gasteiger partial charge >= 0.3 is 6.03 Å². The van der Waals surface area contributed by atoms with Gasteiger partial charge in [0.1, 0.15) is 17.2 Å². The third-order valence-electron chi connectivity index (χ3n) is 5.21. The first-order valence-corrected chi connectivity index (χ1v) is 9.83. The van der Waals surface area contributed by atoms with Crippen LogP contribution in [0.1, 0.15) is 31.2 Å². The van der Waals surface area contributed by atoms with Gasteiger partial charge in [0.05, 0.1) is 30.2 Å². The molecule has 8 nitrogen and oxygen atoms in total. The van der Waals surface area contributed by atoms with E-state index in [1.54, 1.807) is 6.07 Å². The molecule has 158 valence electrons. The lowest BCUT2D eigenvalue weighted by Gasteiger charge is -2.35. The molecular formula is C21H24FN5O3. The van der Waals surface area contributed by atoms with Crippen molar-refractivity contribution in [2.45, 2.75) is 32.9 Å². The number of rotatable bonds is 5. The number of furan rings is 1. The average molecular weight is 413 g/mol. The number of hydrogen-bond donors (Lipinski definition) is 3. The number of anilines is 2. The van der Waals surface area contributed by atoms with Gasteiger partial charge in [0.15, 0.2) is 0 Å². The van der Waals surface area contributed by atoms with E-state index in [4.69, 9.17) is 4.42 Å². The molecule has 3 N–H and O–H groups in total. The Morgan fingerprint density at radius 2 is 2.00 bits per heavy atom. The van der Waals surface area contributed by atoms with Gasteiger partial charge in [0.25, 0.3) is 0 Å². The summed E-state index contributed by atoms with van der Waals surface area (Å²) in [5.74, 6) is 0.817. The Kier molecular flexibility index (Phi) is 5.29. The van der Waals surface area contributed by atoms with Crippen LogP contribution in [0.25, 0.3) is 11.0 Å². The monoisotopic (exact) mass is 413 g/mol. The number of nitrogens with one attached hydrogen (secondary N) is 2. The quantitative estimate of drug-likeness (QED) is 0.593. The molecule has 1 aliphatic rings. The highest BCUT2D eigenvalue weighted by molar-refractivity contribution is 5.89. The molecule has 0 spiro atoms. The number of fused-ring (bicyclic) bond motifs is 1. The number of carbonyl (C=O) groups excluding carboxylic acids is 1. The average Bonchev–Trinajstić information content (AvgIpc) is 3.00. The second kappa shape index (κ2) is 7.91. The van der Waals surface area contributed by atoms with Crippen LogP contribution in [-0.4, -0.2) is 40.3 Å². The van der Waals surface area contributed by atoms with Gasteiger partial charge < -0.3 is 25.1 Å². The molecule has 4 rings (SSSR count). The smallest absolute Gasteiger partial charge is 0.319 e. The summed E-state index contributed by atoms with van der Waals surface area (Å²) in [6, 6.07) is 3.56. The lowest BCUT2D eigenvalue weighted by atomic mass is 9.98. The van der Waals surface area contributed by atoms with Crippen molar-refractivity contribution in [3.8, 4) is 0 Å². The Morgan fingerprint density at radius 1 is 1.30 bits per heavy atom. The van der Waals surface area contributed by atoms with Crippen molar-refractivity contribution in [3.05, 3.63) is 47.7 Å². The van der Waals surface area contributed by atoms with Crippen LogP contribution >= 0.6 is 0 Å². The summed E-state index contributed by atoms with van der Waals surface area (Å²) < 4.78 is 19.6. The van der Waals surface area contributed by atoms with Crippen molar-refractivity contribution in [1.82, 2.24) is 15.3 Å². The number of nitrogens with zero attached hydrogens (tertiary/aromatic N) is 3. The third-order valence-corrected chi connectivity index (χ3v) is 5.21. The molecule has 3 heterocycles. The van der Waals surface area contributed by atoms with E-state index in [0.717, 1.165) is 5.56 Å². The van der Waals surface area contributed by atoms with Crippen molar-refractivity contribution in [3.63, 3.8) is 0 Å². The van der Waals surface area contributed by atoms with E-state index in [1.165, 1.54) is 24.5 Å². The number of aryl methyl sites for hydroxylation is 1. The number of halogens is 1. The minimum Gasteiger partial charge on any atom is -0.459 e. The topological polar surface area (TPSA) is 104 Å². The van der Waals surface area contributed by atoms with Crippen LogP contribution in [-0.2, 0) is 0 Å². The zero-order valence-electron chi connectivity index (χ0n) is 17.0. The summed E-state index contributed by atoms with van der Waals surface area (Å²) >= 11 is 0. The Balaban J connectivity index is 1.47. The van der Waals surface area contributed by atoms with Gasteiger partial charge in [-0.2, -0.15) is 0 Å². The van der Waals surface area contributed by atoms with Crippen molar-refractivity contribution in [1.29, 1.82) is 0 Å². The van der Waals surface area contributed by atoms with E-state index in [1.807, 2.05) is 25.7 Å². The Morgan fingerprint density at radius 3 is 2.63 bits per heavy atom. The number of hydrogen-bond acceptors (Lipinski definition) is 6. The number of aromatic nitrogens is 2. The molecule has 0 bridgehead atoms. The van der Waals surface area contributed by atoms with Crippen LogP contribution < -0.4 is 15.5 Å². The van der Waals surface area contributed by atoms with Crippen LogP contribution in [0.3, 0.4) is 0 Å². The molecule has 2 amide bonds. The van der Waals surface area contributed by atoms with Crippen LogP contribution in [0, 0.1) is 18.7 Å². The maximum Gasteiger partial charge on any atom is 0.319 e. The number of amides is 2. The molecular weight excluding hydrogens is 389 g/mol. The number of carbonyl (C=O) groups is 1.